The number of aromatic nitrogens is 2. The molecule has 1 N–H and O–H groups in total. The van der Waals surface area contributed by atoms with Crippen molar-refractivity contribution >= 4 is 29.0 Å². The zero-order chi connectivity index (χ0) is 26.6. The smallest absolute Gasteiger partial charge is 0.276 e. The van der Waals surface area contributed by atoms with Crippen LogP contribution < -0.4 is 10.1 Å². The number of nitrogens with one attached hydrogen (secondary N) is 1. The molecule has 0 aliphatic rings. The van der Waals surface area contributed by atoms with Crippen LogP contribution in [0.1, 0.15) is 42.4 Å². The quantitative estimate of drug-likeness (QED) is 0.203. The van der Waals surface area contributed by atoms with E-state index < -0.39 is 10.8 Å². The highest BCUT2D eigenvalue weighted by Crippen LogP contribution is 2.33. The molecule has 3 aromatic carbocycles. The van der Waals surface area contributed by atoms with E-state index in [2.05, 4.69) is 31.2 Å². The number of hydrogen-bond acceptors (Lipinski definition) is 6. The van der Waals surface area contributed by atoms with Crippen molar-refractivity contribution in [2.45, 2.75) is 49.6 Å². The highest BCUT2D eigenvalue weighted by Gasteiger charge is 2.16. The van der Waals surface area contributed by atoms with Crippen molar-refractivity contribution in [3.05, 3.63) is 106 Å². The minimum Gasteiger partial charge on any atom is -0.471 e. The number of hydrogen-bond donors (Lipinski definition) is 1. The van der Waals surface area contributed by atoms with Gasteiger partial charge >= 0.3 is 0 Å². The second-order valence-electron chi connectivity index (χ2n) is 9.63. The summed E-state index contributed by atoms with van der Waals surface area (Å²) in [5, 5.41) is 18.5. The van der Waals surface area contributed by atoms with Crippen molar-refractivity contribution in [3.8, 4) is 5.75 Å². The molecule has 37 heavy (non-hydrogen) atoms. The lowest BCUT2D eigenvalue weighted by molar-refractivity contribution is -0.385. The van der Waals surface area contributed by atoms with Crippen molar-refractivity contribution < 1.29 is 14.5 Å². The van der Waals surface area contributed by atoms with E-state index in [0.717, 1.165) is 10.5 Å². The molecule has 0 fully saturated rings. The summed E-state index contributed by atoms with van der Waals surface area (Å²) < 4.78 is 7.30. The number of nitrogens with zero attached hydrogens (tertiary/aromatic N) is 3. The summed E-state index contributed by atoms with van der Waals surface area (Å²) >= 11 is 1.38. The van der Waals surface area contributed by atoms with E-state index >= 15 is 0 Å². The first-order valence-electron chi connectivity index (χ1n) is 11.7. The Kier molecular flexibility index (Phi) is 7.63. The normalized spacial score (nSPS) is 11.2. The van der Waals surface area contributed by atoms with Crippen LogP contribution in [0.2, 0.25) is 0 Å². The number of rotatable bonds is 8. The predicted molar refractivity (Wildman–Crippen MR) is 144 cm³/mol. The molecular formula is C28H28N4O4S. The molecule has 0 radical (unpaired) electrons. The summed E-state index contributed by atoms with van der Waals surface area (Å²) in [4.78, 5) is 25.4. The molecule has 190 valence electrons. The highest BCUT2D eigenvalue weighted by molar-refractivity contribution is 7.99. The van der Waals surface area contributed by atoms with Gasteiger partial charge in [0.2, 0.25) is 0 Å². The average Bonchev–Trinajstić information content (AvgIpc) is 3.33. The first-order chi connectivity index (χ1) is 17.6. The van der Waals surface area contributed by atoms with Gasteiger partial charge < -0.3 is 10.1 Å². The lowest BCUT2D eigenvalue weighted by Gasteiger charge is -2.19. The van der Waals surface area contributed by atoms with Crippen molar-refractivity contribution in [1.82, 2.24) is 9.78 Å². The SMILES string of the molecule is Cc1ccc(Sc2cc(NC(=O)c3ccn(COc4ccc(C(C)(C)C)cc4)n3)cc([N+](=O)[O-])c2)cc1. The number of non-ortho nitro benzene ring substituents is 1. The van der Waals surface area contributed by atoms with Crippen LogP contribution in [0.3, 0.4) is 0 Å². The predicted octanol–water partition coefficient (Wildman–Crippen LogP) is 6.84. The summed E-state index contributed by atoms with van der Waals surface area (Å²) in [6.07, 6.45) is 1.64. The first-order valence-corrected chi connectivity index (χ1v) is 12.5. The third-order valence-electron chi connectivity index (χ3n) is 5.57. The van der Waals surface area contributed by atoms with Gasteiger partial charge in [0.15, 0.2) is 12.4 Å². The Morgan fingerprint density at radius 3 is 2.38 bits per heavy atom. The number of carbonyl (C=O) groups excluding carboxylic acids is 1. The highest BCUT2D eigenvalue weighted by atomic mass is 32.2. The Morgan fingerprint density at radius 2 is 1.73 bits per heavy atom. The van der Waals surface area contributed by atoms with Crippen molar-refractivity contribution in [2.24, 2.45) is 0 Å². The summed E-state index contributed by atoms with van der Waals surface area (Å²) in [7, 11) is 0. The molecule has 8 nitrogen and oxygen atoms in total. The molecule has 0 aliphatic heterocycles. The molecular weight excluding hydrogens is 488 g/mol. The number of ether oxygens (including phenoxy) is 1. The maximum absolute atomic E-state index is 12.8. The molecule has 0 atom stereocenters. The Bertz CT molecular complexity index is 1410. The molecule has 0 saturated carbocycles. The fraction of sp³-hybridized carbons (Fsp3) is 0.214. The van der Waals surface area contributed by atoms with Crippen LogP contribution in [0.4, 0.5) is 11.4 Å². The van der Waals surface area contributed by atoms with Crippen LogP contribution in [-0.4, -0.2) is 20.6 Å². The van der Waals surface area contributed by atoms with Gasteiger partial charge in [0, 0.05) is 33.8 Å². The van der Waals surface area contributed by atoms with Crippen LogP contribution in [0.5, 0.6) is 5.75 Å². The average molecular weight is 517 g/mol. The molecule has 0 aliphatic carbocycles. The Hall–Kier alpha value is -4.11. The number of benzene rings is 3. The van der Waals surface area contributed by atoms with Gasteiger partial charge in [0.25, 0.3) is 11.6 Å². The van der Waals surface area contributed by atoms with Gasteiger partial charge in [-0.05, 0) is 54.3 Å². The zero-order valence-electron chi connectivity index (χ0n) is 21.1. The molecule has 1 amide bonds. The fourth-order valence-corrected chi connectivity index (χ4v) is 4.41. The van der Waals surface area contributed by atoms with E-state index in [-0.39, 0.29) is 23.5 Å². The minimum atomic E-state index is -0.477. The van der Waals surface area contributed by atoms with Gasteiger partial charge in [0.05, 0.1) is 4.92 Å². The standard InChI is InChI=1S/C28H28N4O4S/c1-19-5-11-24(12-6-19)37-25-16-21(15-22(17-25)32(34)35)29-27(33)26-13-14-31(30-26)18-36-23-9-7-20(8-10-23)28(2,3)4/h5-17H,18H2,1-4H3,(H,29,33). The molecule has 0 saturated heterocycles. The molecule has 0 unspecified atom stereocenters. The number of amides is 1. The molecule has 0 spiro atoms. The maximum atomic E-state index is 12.8. The summed E-state index contributed by atoms with van der Waals surface area (Å²) in [5.41, 5.74) is 2.77. The van der Waals surface area contributed by atoms with Crippen LogP contribution in [0.15, 0.2) is 88.8 Å². The van der Waals surface area contributed by atoms with Gasteiger partial charge in [-0.15, -0.1) is 0 Å². The summed E-state index contributed by atoms with van der Waals surface area (Å²) in [6.45, 7) is 8.58. The van der Waals surface area contributed by atoms with E-state index in [1.807, 2.05) is 55.5 Å². The topological polar surface area (TPSA) is 99.3 Å². The van der Waals surface area contributed by atoms with E-state index in [9.17, 15) is 14.9 Å². The molecule has 4 rings (SSSR count). The Balaban J connectivity index is 1.42. The van der Waals surface area contributed by atoms with Crippen molar-refractivity contribution in [2.75, 3.05) is 5.32 Å². The number of nitro groups is 1. The second kappa shape index (κ2) is 10.9. The van der Waals surface area contributed by atoms with Gasteiger partial charge in [-0.3, -0.25) is 14.9 Å². The Morgan fingerprint density at radius 1 is 1.03 bits per heavy atom. The second-order valence-corrected chi connectivity index (χ2v) is 10.8. The van der Waals surface area contributed by atoms with Gasteiger partial charge in [-0.1, -0.05) is 62.4 Å². The monoisotopic (exact) mass is 516 g/mol. The van der Waals surface area contributed by atoms with Gasteiger partial charge in [0.1, 0.15) is 5.75 Å². The van der Waals surface area contributed by atoms with Gasteiger partial charge in [-0.2, -0.15) is 5.10 Å². The number of carbonyl (C=O) groups is 1. The van der Waals surface area contributed by atoms with E-state index in [0.29, 0.717) is 16.3 Å². The Labute approximate surface area is 219 Å². The van der Waals surface area contributed by atoms with E-state index in [1.165, 1.54) is 34.1 Å². The van der Waals surface area contributed by atoms with Crippen LogP contribution >= 0.6 is 11.8 Å². The molecule has 4 aromatic rings. The molecule has 0 bridgehead atoms. The van der Waals surface area contributed by atoms with Crippen molar-refractivity contribution in [3.63, 3.8) is 0 Å². The van der Waals surface area contributed by atoms with Crippen LogP contribution in [-0.2, 0) is 12.1 Å². The zero-order valence-corrected chi connectivity index (χ0v) is 21.9. The number of anilines is 1. The van der Waals surface area contributed by atoms with Crippen LogP contribution in [0, 0.1) is 17.0 Å². The fourth-order valence-electron chi connectivity index (χ4n) is 3.50. The molecule has 9 heteroatoms. The maximum Gasteiger partial charge on any atom is 0.276 e. The van der Waals surface area contributed by atoms with E-state index in [1.54, 1.807) is 18.3 Å². The first kappa shape index (κ1) is 26.0. The molecule has 1 heterocycles. The minimum absolute atomic E-state index is 0.0576. The third kappa shape index (κ3) is 6.98. The lowest BCUT2D eigenvalue weighted by atomic mass is 9.87. The van der Waals surface area contributed by atoms with Crippen molar-refractivity contribution in [1.29, 1.82) is 0 Å². The number of aryl methyl sites for hydroxylation is 1. The van der Waals surface area contributed by atoms with E-state index in [4.69, 9.17) is 4.74 Å². The lowest BCUT2D eigenvalue weighted by Crippen LogP contribution is -2.14. The third-order valence-corrected chi connectivity index (χ3v) is 6.55. The number of nitro benzene ring substituents is 1. The van der Waals surface area contributed by atoms with Crippen LogP contribution in [0.25, 0.3) is 0 Å². The summed E-state index contributed by atoms with van der Waals surface area (Å²) in [6, 6.07) is 21.8. The van der Waals surface area contributed by atoms with Gasteiger partial charge in [-0.25, -0.2) is 4.68 Å². The molecule has 1 aromatic heterocycles. The largest absolute Gasteiger partial charge is 0.471 e. The summed E-state index contributed by atoms with van der Waals surface area (Å²) in [5.74, 6) is 0.227.